The summed E-state index contributed by atoms with van der Waals surface area (Å²) >= 11 is 0. The van der Waals surface area contributed by atoms with Gasteiger partial charge in [0, 0.05) is 0 Å². The fourth-order valence-electron chi connectivity index (χ4n) is 2.48. The van der Waals surface area contributed by atoms with Gasteiger partial charge in [-0.1, -0.05) is 42.5 Å². The smallest absolute Gasteiger partial charge is 0.263 e. The third kappa shape index (κ3) is 2.94. The standard InChI is InChI=1S/C17H13N5O2S/c23-25(24,22-17-15-16(19-10-18-15)20-11-21-17)14-8-6-13(7-9-14)12-4-2-1-3-5-12/h1-11H,(H2,18,19,20,21,22). The minimum Gasteiger partial charge on any atom is -0.329 e. The maximum absolute atomic E-state index is 12.6. The van der Waals surface area contributed by atoms with Crippen LogP contribution in [0.2, 0.25) is 0 Å². The van der Waals surface area contributed by atoms with Gasteiger partial charge in [-0.2, -0.15) is 0 Å². The molecule has 4 aromatic rings. The van der Waals surface area contributed by atoms with Crippen molar-refractivity contribution in [2.24, 2.45) is 0 Å². The average Bonchev–Trinajstić information content (AvgIpc) is 3.12. The molecule has 0 fully saturated rings. The highest BCUT2D eigenvalue weighted by molar-refractivity contribution is 7.92. The van der Waals surface area contributed by atoms with E-state index in [1.165, 1.54) is 12.7 Å². The Morgan fingerprint density at radius 2 is 1.56 bits per heavy atom. The fourth-order valence-corrected chi connectivity index (χ4v) is 3.50. The van der Waals surface area contributed by atoms with E-state index in [1.807, 2.05) is 30.3 Å². The number of hydrogen-bond acceptors (Lipinski definition) is 5. The third-order valence-electron chi connectivity index (χ3n) is 3.72. The molecule has 2 heterocycles. The van der Waals surface area contributed by atoms with Crippen molar-refractivity contribution >= 4 is 27.0 Å². The maximum atomic E-state index is 12.6. The first kappa shape index (κ1) is 15.3. The number of hydrogen-bond donors (Lipinski definition) is 2. The van der Waals surface area contributed by atoms with E-state index in [0.717, 1.165) is 11.1 Å². The Balaban J connectivity index is 1.65. The molecule has 2 aromatic heterocycles. The number of rotatable bonds is 4. The van der Waals surface area contributed by atoms with Crippen molar-refractivity contribution < 1.29 is 8.42 Å². The number of aromatic amines is 1. The Hall–Kier alpha value is -3.26. The fraction of sp³-hybridized carbons (Fsp3) is 0. The lowest BCUT2D eigenvalue weighted by Gasteiger charge is -2.08. The van der Waals surface area contributed by atoms with Crippen LogP contribution in [-0.2, 0) is 10.0 Å². The van der Waals surface area contributed by atoms with Crippen molar-refractivity contribution in [2.45, 2.75) is 4.90 Å². The maximum Gasteiger partial charge on any atom is 0.263 e. The van der Waals surface area contributed by atoms with Crippen LogP contribution < -0.4 is 4.72 Å². The topological polar surface area (TPSA) is 101 Å². The highest BCUT2D eigenvalue weighted by Gasteiger charge is 2.17. The van der Waals surface area contributed by atoms with Gasteiger partial charge >= 0.3 is 0 Å². The molecular formula is C17H13N5O2S. The first-order chi connectivity index (χ1) is 12.1. The van der Waals surface area contributed by atoms with Gasteiger partial charge in [-0.25, -0.2) is 23.4 Å². The average molecular weight is 351 g/mol. The summed E-state index contributed by atoms with van der Waals surface area (Å²) in [4.78, 5) is 15.0. The number of nitrogens with zero attached hydrogens (tertiary/aromatic N) is 3. The summed E-state index contributed by atoms with van der Waals surface area (Å²) in [7, 11) is -3.78. The Labute approximate surface area is 143 Å². The van der Waals surface area contributed by atoms with Crippen molar-refractivity contribution in [3.63, 3.8) is 0 Å². The van der Waals surface area contributed by atoms with Crippen LogP contribution in [0.15, 0.2) is 72.1 Å². The largest absolute Gasteiger partial charge is 0.329 e. The summed E-state index contributed by atoms with van der Waals surface area (Å²) in [5.41, 5.74) is 2.80. The first-order valence-electron chi connectivity index (χ1n) is 7.46. The van der Waals surface area contributed by atoms with Crippen molar-refractivity contribution in [3.05, 3.63) is 67.3 Å². The number of sulfonamides is 1. The highest BCUT2D eigenvalue weighted by Crippen LogP contribution is 2.23. The van der Waals surface area contributed by atoms with Gasteiger partial charge in [0.15, 0.2) is 17.0 Å². The van der Waals surface area contributed by atoms with E-state index in [0.29, 0.717) is 11.2 Å². The number of aromatic nitrogens is 4. The molecule has 0 saturated heterocycles. The van der Waals surface area contributed by atoms with Crippen molar-refractivity contribution in [3.8, 4) is 11.1 Å². The van der Waals surface area contributed by atoms with Gasteiger partial charge < -0.3 is 4.98 Å². The lowest BCUT2D eigenvalue weighted by Crippen LogP contribution is -2.14. The number of H-pyrrole nitrogens is 1. The summed E-state index contributed by atoms with van der Waals surface area (Å²) in [6, 6.07) is 16.4. The van der Waals surface area contributed by atoms with Gasteiger partial charge in [0.2, 0.25) is 0 Å². The normalized spacial score (nSPS) is 11.5. The van der Waals surface area contributed by atoms with Gasteiger partial charge in [-0.05, 0) is 23.3 Å². The molecule has 0 saturated carbocycles. The second kappa shape index (κ2) is 5.99. The Morgan fingerprint density at radius 1 is 0.840 bits per heavy atom. The third-order valence-corrected chi connectivity index (χ3v) is 5.07. The number of anilines is 1. The molecule has 7 nitrogen and oxygen atoms in total. The molecule has 0 aliphatic carbocycles. The van der Waals surface area contributed by atoms with Crippen LogP contribution >= 0.6 is 0 Å². The van der Waals surface area contributed by atoms with Gasteiger partial charge in [0.1, 0.15) is 6.33 Å². The van der Waals surface area contributed by atoms with Crippen LogP contribution in [0.4, 0.5) is 5.82 Å². The van der Waals surface area contributed by atoms with E-state index in [1.54, 1.807) is 24.3 Å². The minimum absolute atomic E-state index is 0.137. The van der Waals surface area contributed by atoms with Crippen molar-refractivity contribution in [1.29, 1.82) is 0 Å². The zero-order valence-electron chi connectivity index (χ0n) is 12.9. The molecular weight excluding hydrogens is 338 g/mol. The van der Waals surface area contributed by atoms with E-state index >= 15 is 0 Å². The molecule has 8 heteroatoms. The van der Waals surface area contributed by atoms with Crippen LogP contribution in [0.5, 0.6) is 0 Å². The van der Waals surface area contributed by atoms with Crippen molar-refractivity contribution in [1.82, 2.24) is 19.9 Å². The van der Waals surface area contributed by atoms with E-state index in [9.17, 15) is 8.42 Å². The highest BCUT2D eigenvalue weighted by atomic mass is 32.2. The van der Waals surface area contributed by atoms with E-state index < -0.39 is 10.0 Å². The quantitative estimate of drug-likeness (QED) is 0.589. The number of nitrogens with one attached hydrogen (secondary N) is 2. The van der Waals surface area contributed by atoms with E-state index in [-0.39, 0.29) is 10.7 Å². The molecule has 0 aliphatic heterocycles. The van der Waals surface area contributed by atoms with Gasteiger partial charge in [0.05, 0.1) is 11.2 Å². The molecule has 25 heavy (non-hydrogen) atoms. The van der Waals surface area contributed by atoms with Gasteiger partial charge in [-0.15, -0.1) is 0 Å². The second-order valence-corrected chi connectivity index (χ2v) is 7.00. The van der Waals surface area contributed by atoms with E-state index in [4.69, 9.17) is 0 Å². The SMILES string of the molecule is O=S(=O)(Nc1ncnc2[nH]cnc12)c1ccc(-c2ccccc2)cc1. The minimum atomic E-state index is -3.78. The molecule has 0 spiro atoms. The summed E-state index contributed by atoms with van der Waals surface area (Å²) in [6.07, 6.45) is 2.71. The molecule has 0 atom stereocenters. The number of benzene rings is 2. The molecule has 4 rings (SSSR count). The predicted octanol–water partition coefficient (Wildman–Crippen LogP) is 2.82. The molecule has 0 aliphatic rings. The molecule has 0 bridgehead atoms. The molecule has 2 aromatic carbocycles. The number of fused-ring (bicyclic) bond motifs is 1. The summed E-state index contributed by atoms with van der Waals surface area (Å²) in [6.45, 7) is 0. The molecule has 124 valence electrons. The Morgan fingerprint density at radius 3 is 2.32 bits per heavy atom. The van der Waals surface area contributed by atoms with Crippen molar-refractivity contribution in [2.75, 3.05) is 4.72 Å². The summed E-state index contributed by atoms with van der Waals surface area (Å²) in [5, 5.41) is 0. The Kier molecular flexibility index (Phi) is 3.66. The summed E-state index contributed by atoms with van der Waals surface area (Å²) < 4.78 is 27.7. The second-order valence-electron chi connectivity index (χ2n) is 5.32. The first-order valence-corrected chi connectivity index (χ1v) is 8.94. The molecule has 0 amide bonds. The summed E-state index contributed by atoms with van der Waals surface area (Å²) in [5.74, 6) is 0.137. The van der Waals surface area contributed by atoms with Crippen LogP contribution in [-0.4, -0.2) is 28.4 Å². The molecule has 2 N–H and O–H groups in total. The van der Waals surface area contributed by atoms with Crippen LogP contribution in [0.25, 0.3) is 22.3 Å². The predicted molar refractivity (Wildman–Crippen MR) is 94.4 cm³/mol. The number of imidazole rings is 1. The van der Waals surface area contributed by atoms with Gasteiger partial charge in [-0.3, -0.25) is 4.72 Å². The zero-order chi connectivity index (χ0) is 17.3. The lowest BCUT2D eigenvalue weighted by atomic mass is 10.1. The van der Waals surface area contributed by atoms with Crippen LogP contribution in [0.1, 0.15) is 0 Å². The molecule has 0 unspecified atom stereocenters. The van der Waals surface area contributed by atoms with E-state index in [2.05, 4.69) is 24.7 Å². The van der Waals surface area contributed by atoms with Crippen LogP contribution in [0, 0.1) is 0 Å². The zero-order valence-corrected chi connectivity index (χ0v) is 13.7. The van der Waals surface area contributed by atoms with Gasteiger partial charge in [0.25, 0.3) is 10.0 Å². The van der Waals surface area contributed by atoms with Crippen LogP contribution in [0.3, 0.4) is 0 Å². The Bertz CT molecular complexity index is 1120. The molecule has 0 radical (unpaired) electrons. The lowest BCUT2D eigenvalue weighted by molar-refractivity contribution is 0.601. The monoisotopic (exact) mass is 351 g/mol.